The van der Waals surface area contributed by atoms with Crippen LogP contribution in [0.1, 0.15) is 96.8 Å². The van der Waals surface area contributed by atoms with E-state index < -0.39 is 0 Å². The van der Waals surface area contributed by atoms with Gasteiger partial charge in [0.2, 0.25) is 0 Å². The molecule has 3 saturated carbocycles. The summed E-state index contributed by atoms with van der Waals surface area (Å²) in [6.45, 7) is 2.35. The van der Waals surface area contributed by atoms with E-state index in [1.54, 1.807) is 0 Å². The lowest BCUT2D eigenvalue weighted by molar-refractivity contribution is 0.107. The van der Waals surface area contributed by atoms with Crippen LogP contribution in [-0.4, -0.2) is 0 Å². The van der Waals surface area contributed by atoms with Crippen LogP contribution in [0.2, 0.25) is 0 Å². The third kappa shape index (κ3) is 6.14. The van der Waals surface area contributed by atoms with Gasteiger partial charge in [0.1, 0.15) is 0 Å². The minimum Gasteiger partial charge on any atom is -0.183 e. The number of hydrogen-bond donors (Lipinski definition) is 0. The van der Waals surface area contributed by atoms with Crippen LogP contribution in [0.5, 0.6) is 0 Å². The zero-order valence-electron chi connectivity index (χ0n) is 17.5. The lowest BCUT2D eigenvalue weighted by Gasteiger charge is -2.41. The van der Waals surface area contributed by atoms with Gasteiger partial charge in [-0.25, -0.2) is 0 Å². The molecule has 148 valence electrons. The van der Waals surface area contributed by atoms with Gasteiger partial charge < -0.3 is 0 Å². The number of allylic oxidation sites excluding steroid dienone is 2. The third-order valence-electron chi connectivity index (χ3n) is 8.13. The standard InChI is InChI=1S/C26H39N/c1-2-6-21-8-12-23(13-9-21)25-16-18-26(19-17-25)24-14-10-22(11-15-24)7-4-3-5-20-27/h4,7,21-26H,2,6,8-19H2,1H3/b7-4+/t21-,22-,23-,24-,25?,26?. The zero-order valence-corrected chi connectivity index (χ0v) is 17.5. The maximum Gasteiger partial charge on any atom is 0.152 e. The fourth-order valence-electron chi connectivity index (χ4n) is 6.51. The van der Waals surface area contributed by atoms with Gasteiger partial charge >= 0.3 is 0 Å². The van der Waals surface area contributed by atoms with E-state index in [9.17, 15) is 0 Å². The van der Waals surface area contributed by atoms with Crippen LogP contribution in [0, 0.1) is 58.7 Å². The molecular weight excluding hydrogens is 326 g/mol. The highest BCUT2D eigenvalue weighted by Gasteiger charge is 2.34. The van der Waals surface area contributed by atoms with E-state index in [2.05, 4.69) is 24.8 Å². The second-order valence-electron chi connectivity index (χ2n) is 9.66. The monoisotopic (exact) mass is 365 g/mol. The van der Waals surface area contributed by atoms with Crippen LogP contribution in [0.15, 0.2) is 12.2 Å². The highest BCUT2D eigenvalue weighted by atomic mass is 14.4. The highest BCUT2D eigenvalue weighted by molar-refractivity contribution is 5.25. The summed E-state index contributed by atoms with van der Waals surface area (Å²) >= 11 is 0. The van der Waals surface area contributed by atoms with Crippen molar-refractivity contribution in [2.75, 3.05) is 0 Å². The Balaban J connectivity index is 1.35. The van der Waals surface area contributed by atoms with Crippen molar-refractivity contribution >= 4 is 0 Å². The molecule has 3 aliphatic rings. The van der Waals surface area contributed by atoms with E-state index in [4.69, 9.17) is 5.26 Å². The fraction of sp³-hybridized carbons (Fsp3) is 0.808. The molecule has 0 N–H and O–H groups in total. The van der Waals surface area contributed by atoms with Gasteiger partial charge in [0, 0.05) is 5.92 Å². The molecule has 0 aromatic heterocycles. The van der Waals surface area contributed by atoms with Crippen molar-refractivity contribution in [1.82, 2.24) is 0 Å². The van der Waals surface area contributed by atoms with Crippen molar-refractivity contribution in [3.05, 3.63) is 12.2 Å². The number of rotatable bonds is 5. The average molecular weight is 366 g/mol. The molecule has 3 rings (SSSR count). The van der Waals surface area contributed by atoms with Crippen LogP contribution >= 0.6 is 0 Å². The summed E-state index contributed by atoms with van der Waals surface area (Å²) in [5.41, 5.74) is 0. The van der Waals surface area contributed by atoms with E-state index in [1.165, 1.54) is 89.9 Å². The minimum absolute atomic E-state index is 0.698. The van der Waals surface area contributed by atoms with Gasteiger partial charge in [0.25, 0.3) is 0 Å². The predicted molar refractivity (Wildman–Crippen MR) is 114 cm³/mol. The maximum atomic E-state index is 8.46. The van der Waals surface area contributed by atoms with Crippen LogP contribution in [0.3, 0.4) is 0 Å². The van der Waals surface area contributed by atoms with Gasteiger partial charge in [0.05, 0.1) is 0 Å². The lowest BCUT2D eigenvalue weighted by Crippen LogP contribution is -2.29. The van der Waals surface area contributed by atoms with Crippen molar-refractivity contribution in [2.24, 2.45) is 35.5 Å². The van der Waals surface area contributed by atoms with Crippen molar-refractivity contribution < 1.29 is 0 Å². The van der Waals surface area contributed by atoms with Crippen LogP contribution in [0.4, 0.5) is 0 Å². The molecule has 0 radical (unpaired) electrons. The van der Waals surface area contributed by atoms with E-state index in [0.717, 1.165) is 29.6 Å². The number of nitrogens with zero attached hydrogens (tertiary/aromatic N) is 1. The van der Waals surface area contributed by atoms with Gasteiger partial charge in [0.15, 0.2) is 6.07 Å². The smallest absolute Gasteiger partial charge is 0.152 e. The first-order valence-electron chi connectivity index (χ1n) is 11.9. The largest absolute Gasteiger partial charge is 0.183 e. The van der Waals surface area contributed by atoms with Crippen LogP contribution in [-0.2, 0) is 0 Å². The Kier molecular flexibility index (Phi) is 8.33. The van der Waals surface area contributed by atoms with Crippen molar-refractivity contribution in [3.8, 4) is 17.9 Å². The summed E-state index contributed by atoms with van der Waals surface area (Å²) in [6.07, 6.45) is 24.7. The van der Waals surface area contributed by atoms with E-state index in [0.29, 0.717) is 5.92 Å². The van der Waals surface area contributed by atoms with Gasteiger partial charge in [-0.15, -0.1) is 0 Å². The molecule has 3 aliphatic carbocycles. The van der Waals surface area contributed by atoms with Gasteiger partial charge in [-0.3, -0.25) is 0 Å². The lowest BCUT2D eigenvalue weighted by atomic mass is 9.65. The summed E-state index contributed by atoms with van der Waals surface area (Å²) in [5.74, 6) is 11.1. The van der Waals surface area contributed by atoms with Crippen molar-refractivity contribution in [3.63, 3.8) is 0 Å². The number of nitriles is 1. The molecule has 0 amide bonds. The zero-order chi connectivity index (χ0) is 18.9. The fourth-order valence-corrected chi connectivity index (χ4v) is 6.51. The van der Waals surface area contributed by atoms with E-state index in [1.807, 2.05) is 12.1 Å². The molecule has 0 saturated heterocycles. The first-order valence-corrected chi connectivity index (χ1v) is 11.9. The second-order valence-corrected chi connectivity index (χ2v) is 9.66. The molecule has 27 heavy (non-hydrogen) atoms. The Labute approximate surface area is 168 Å². The Morgan fingerprint density at radius 3 is 1.70 bits per heavy atom. The molecule has 0 heterocycles. The maximum absolute atomic E-state index is 8.46. The summed E-state index contributed by atoms with van der Waals surface area (Å²) in [6, 6.07) is 1.88. The minimum atomic E-state index is 0.698. The first kappa shape index (κ1) is 20.5. The molecule has 0 bridgehead atoms. The molecule has 0 aromatic carbocycles. The molecule has 0 aliphatic heterocycles. The summed E-state index contributed by atoms with van der Waals surface area (Å²) in [5, 5.41) is 8.46. The van der Waals surface area contributed by atoms with Crippen LogP contribution in [0.25, 0.3) is 0 Å². The molecule has 1 nitrogen and oxygen atoms in total. The van der Waals surface area contributed by atoms with Gasteiger partial charge in [-0.1, -0.05) is 44.6 Å². The van der Waals surface area contributed by atoms with E-state index in [-0.39, 0.29) is 0 Å². The van der Waals surface area contributed by atoms with Crippen molar-refractivity contribution in [1.29, 1.82) is 5.26 Å². The molecule has 3 fully saturated rings. The molecular formula is C26H39N. The quantitative estimate of drug-likeness (QED) is 0.469. The molecule has 0 spiro atoms. The molecule has 0 unspecified atom stereocenters. The molecule has 1 heteroatoms. The Bertz CT molecular complexity index is 547. The van der Waals surface area contributed by atoms with Gasteiger partial charge in [-0.05, 0) is 106 Å². The summed E-state index contributed by atoms with van der Waals surface area (Å²) < 4.78 is 0. The summed E-state index contributed by atoms with van der Waals surface area (Å²) in [7, 11) is 0. The van der Waals surface area contributed by atoms with E-state index >= 15 is 0 Å². The first-order chi connectivity index (χ1) is 13.3. The SMILES string of the molecule is CCC[C@H]1CC[C@H](C2CCC([C@H]3CC[C@H](/C=C/C#CC#N)CC3)CC2)CC1. The Morgan fingerprint density at radius 2 is 1.22 bits per heavy atom. The predicted octanol–water partition coefficient (Wildman–Crippen LogP) is 7.29. The van der Waals surface area contributed by atoms with Crippen LogP contribution < -0.4 is 0 Å². The average Bonchev–Trinajstić information content (AvgIpc) is 2.73. The molecule has 0 atom stereocenters. The summed E-state index contributed by atoms with van der Waals surface area (Å²) in [4.78, 5) is 0. The van der Waals surface area contributed by atoms with Gasteiger partial charge in [-0.2, -0.15) is 5.26 Å². The highest BCUT2D eigenvalue weighted by Crippen LogP contribution is 2.46. The third-order valence-corrected chi connectivity index (χ3v) is 8.13. The Morgan fingerprint density at radius 1 is 0.741 bits per heavy atom. The Hall–Kier alpha value is -1.21. The topological polar surface area (TPSA) is 23.8 Å². The second kappa shape index (κ2) is 11.0. The normalized spacial score (nSPS) is 37.3. The van der Waals surface area contributed by atoms with Crippen molar-refractivity contribution in [2.45, 2.75) is 96.8 Å². The number of hydrogen-bond acceptors (Lipinski definition) is 1. The molecule has 0 aromatic rings.